The van der Waals surface area contributed by atoms with E-state index >= 15 is 0 Å². The van der Waals surface area contributed by atoms with E-state index in [4.69, 9.17) is 4.74 Å². The molecule has 0 aliphatic heterocycles. The van der Waals surface area contributed by atoms with Gasteiger partial charge in [-0.3, -0.25) is 19.3 Å². The zero-order valence-electron chi connectivity index (χ0n) is 15.2. The molecule has 1 N–H and O–H groups in total. The van der Waals surface area contributed by atoms with E-state index in [-0.39, 0.29) is 18.0 Å². The lowest BCUT2D eigenvalue weighted by Gasteiger charge is -2.09. The number of amides is 1. The minimum Gasteiger partial charge on any atom is -0.477 e. The van der Waals surface area contributed by atoms with Crippen molar-refractivity contribution in [3.05, 3.63) is 89.1 Å². The van der Waals surface area contributed by atoms with Gasteiger partial charge in [-0.25, -0.2) is 4.98 Å². The number of nitrogens with one attached hydrogen (secondary N) is 1. The molecule has 0 atom stereocenters. The molecule has 4 aromatic rings. The van der Waals surface area contributed by atoms with Crippen LogP contribution in [0.25, 0.3) is 16.9 Å². The molecular weight excluding hydrogens is 372 g/mol. The van der Waals surface area contributed by atoms with Crippen LogP contribution < -0.4 is 10.1 Å². The van der Waals surface area contributed by atoms with Crippen molar-refractivity contribution >= 4 is 23.1 Å². The normalized spacial score (nSPS) is 10.6. The molecule has 2 aromatic carbocycles. The molecule has 0 unspecified atom stereocenters. The van der Waals surface area contributed by atoms with E-state index < -0.39 is 10.8 Å². The molecule has 144 valence electrons. The van der Waals surface area contributed by atoms with E-state index in [0.717, 1.165) is 5.56 Å². The predicted octanol–water partition coefficient (Wildman–Crippen LogP) is 3.93. The number of carbonyl (C=O) groups is 1. The molecule has 0 radical (unpaired) electrons. The Morgan fingerprint density at radius 3 is 2.55 bits per heavy atom. The van der Waals surface area contributed by atoms with Crippen LogP contribution in [0.5, 0.6) is 5.75 Å². The van der Waals surface area contributed by atoms with Gasteiger partial charge in [-0.2, -0.15) is 0 Å². The highest BCUT2D eigenvalue weighted by Crippen LogP contribution is 2.29. The van der Waals surface area contributed by atoms with E-state index in [2.05, 4.69) is 10.3 Å². The molecule has 8 nitrogen and oxygen atoms in total. The third-order valence-corrected chi connectivity index (χ3v) is 4.26. The summed E-state index contributed by atoms with van der Waals surface area (Å²) in [5.41, 5.74) is 1.96. The van der Waals surface area contributed by atoms with Gasteiger partial charge in [0.2, 0.25) is 0 Å². The number of aromatic nitrogens is 2. The molecule has 1 amide bonds. The van der Waals surface area contributed by atoms with E-state index in [1.807, 2.05) is 48.5 Å². The van der Waals surface area contributed by atoms with Crippen molar-refractivity contribution in [3.8, 4) is 17.0 Å². The molecule has 0 bridgehead atoms. The van der Waals surface area contributed by atoms with Gasteiger partial charge in [0.05, 0.1) is 4.92 Å². The highest BCUT2D eigenvalue weighted by molar-refractivity contribution is 5.95. The van der Waals surface area contributed by atoms with Crippen LogP contribution in [0.3, 0.4) is 0 Å². The molecule has 8 heteroatoms. The van der Waals surface area contributed by atoms with Crippen molar-refractivity contribution in [1.82, 2.24) is 9.38 Å². The summed E-state index contributed by atoms with van der Waals surface area (Å²) >= 11 is 0. The minimum atomic E-state index is -0.550. The smallest absolute Gasteiger partial charge is 0.310 e. The van der Waals surface area contributed by atoms with Crippen LogP contribution in [0.15, 0.2) is 79.0 Å². The molecular formula is C21H16N4O4. The van der Waals surface area contributed by atoms with Crippen LogP contribution in [0, 0.1) is 10.1 Å². The third kappa shape index (κ3) is 3.77. The Morgan fingerprint density at radius 1 is 1.03 bits per heavy atom. The largest absolute Gasteiger partial charge is 0.477 e. The Kier molecular flexibility index (Phi) is 4.90. The number of hydrogen-bond acceptors (Lipinski definition) is 5. The third-order valence-electron chi connectivity index (χ3n) is 4.26. The standard InChI is InChI=1S/C21H16N4O4/c26-19(14-29-17-11-5-4-10-16(17)25(27)28)23-21-20(15-8-2-1-3-9-15)22-18-12-6-7-13-24(18)21/h1-13H,14H2,(H,23,26). The summed E-state index contributed by atoms with van der Waals surface area (Å²) in [5, 5.41) is 13.9. The molecule has 0 saturated heterocycles. The number of fused-ring (bicyclic) bond motifs is 1. The second-order valence-corrected chi connectivity index (χ2v) is 6.17. The van der Waals surface area contributed by atoms with Crippen molar-refractivity contribution in [2.24, 2.45) is 0 Å². The van der Waals surface area contributed by atoms with Crippen LogP contribution in [-0.2, 0) is 4.79 Å². The summed E-state index contributed by atoms with van der Waals surface area (Å²) in [4.78, 5) is 27.7. The highest BCUT2D eigenvalue weighted by Gasteiger charge is 2.18. The maximum absolute atomic E-state index is 12.5. The minimum absolute atomic E-state index is 0.0362. The first-order valence-corrected chi connectivity index (χ1v) is 8.82. The summed E-state index contributed by atoms with van der Waals surface area (Å²) in [7, 11) is 0. The summed E-state index contributed by atoms with van der Waals surface area (Å²) < 4.78 is 7.15. The molecule has 0 aliphatic rings. The van der Waals surface area contributed by atoms with Crippen molar-refractivity contribution in [1.29, 1.82) is 0 Å². The SMILES string of the molecule is O=C(COc1ccccc1[N+](=O)[O-])Nc1c(-c2ccccc2)nc2ccccn12. The van der Waals surface area contributed by atoms with Crippen molar-refractivity contribution in [2.45, 2.75) is 0 Å². The number of rotatable bonds is 6. The second kappa shape index (κ2) is 7.81. The number of carbonyl (C=O) groups excluding carboxylic acids is 1. The Labute approximate surface area is 165 Å². The number of hydrogen-bond donors (Lipinski definition) is 1. The van der Waals surface area contributed by atoms with Gasteiger partial charge in [-0.05, 0) is 18.2 Å². The van der Waals surface area contributed by atoms with Gasteiger partial charge in [-0.1, -0.05) is 48.5 Å². The monoisotopic (exact) mass is 388 g/mol. The van der Waals surface area contributed by atoms with Gasteiger partial charge in [0.1, 0.15) is 17.2 Å². The number of benzene rings is 2. The van der Waals surface area contributed by atoms with Crippen molar-refractivity contribution in [3.63, 3.8) is 0 Å². The first kappa shape index (κ1) is 18.2. The van der Waals surface area contributed by atoms with Crippen LogP contribution in [-0.4, -0.2) is 26.8 Å². The van der Waals surface area contributed by atoms with E-state index in [1.54, 1.807) is 16.7 Å². The van der Waals surface area contributed by atoms with Crippen LogP contribution >= 0.6 is 0 Å². The highest BCUT2D eigenvalue weighted by atomic mass is 16.6. The molecule has 0 saturated carbocycles. The molecule has 29 heavy (non-hydrogen) atoms. The Balaban J connectivity index is 1.59. The predicted molar refractivity (Wildman–Crippen MR) is 108 cm³/mol. The van der Waals surface area contributed by atoms with Gasteiger partial charge in [-0.15, -0.1) is 0 Å². The Bertz CT molecular complexity index is 1190. The number of anilines is 1. The number of imidazole rings is 1. The fraction of sp³-hybridized carbons (Fsp3) is 0.0476. The number of nitro groups is 1. The lowest BCUT2D eigenvalue weighted by atomic mass is 10.1. The summed E-state index contributed by atoms with van der Waals surface area (Å²) in [6.07, 6.45) is 1.80. The maximum atomic E-state index is 12.5. The van der Waals surface area contributed by atoms with E-state index in [9.17, 15) is 14.9 Å². The molecule has 0 fully saturated rings. The van der Waals surface area contributed by atoms with E-state index in [0.29, 0.717) is 17.2 Å². The van der Waals surface area contributed by atoms with Crippen LogP contribution in [0.4, 0.5) is 11.5 Å². The van der Waals surface area contributed by atoms with Crippen LogP contribution in [0.2, 0.25) is 0 Å². The second-order valence-electron chi connectivity index (χ2n) is 6.17. The fourth-order valence-corrected chi connectivity index (χ4v) is 2.95. The van der Waals surface area contributed by atoms with Crippen molar-refractivity contribution in [2.75, 3.05) is 11.9 Å². The summed E-state index contributed by atoms with van der Waals surface area (Å²) in [6, 6.07) is 21.0. The Hall–Kier alpha value is -4.20. The lowest BCUT2D eigenvalue weighted by Crippen LogP contribution is -2.21. The van der Waals surface area contributed by atoms with Gasteiger partial charge < -0.3 is 10.1 Å². The topological polar surface area (TPSA) is 98.8 Å². The number of pyridine rings is 1. The van der Waals surface area contributed by atoms with Crippen molar-refractivity contribution < 1.29 is 14.5 Å². The Morgan fingerprint density at radius 2 is 1.76 bits per heavy atom. The molecule has 0 spiro atoms. The lowest BCUT2D eigenvalue weighted by molar-refractivity contribution is -0.385. The quantitative estimate of drug-likeness (QED) is 0.399. The summed E-state index contributed by atoms with van der Waals surface area (Å²) in [5.74, 6) is 0.0861. The average molecular weight is 388 g/mol. The number of para-hydroxylation sites is 2. The van der Waals surface area contributed by atoms with Gasteiger partial charge in [0.25, 0.3) is 5.91 Å². The van der Waals surface area contributed by atoms with Gasteiger partial charge in [0.15, 0.2) is 12.4 Å². The average Bonchev–Trinajstić information content (AvgIpc) is 3.11. The number of nitro benzene ring substituents is 1. The maximum Gasteiger partial charge on any atom is 0.310 e. The number of ether oxygens (including phenoxy) is 1. The molecule has 4 rings (SSSR count). The first-order valence-electron chi connectivity index (χ1n) is 8.82. The summed E-state index contributed by atoms with van der Waals surface area (Å²) in [6.45, 7) is -0.376. The molecule has 0 aliphatic carbocycles. The van der Waals surface area contributed by atoms with Crippen LogP contribution in [0.1, 0.15) is 0 Å². The number of nitrogens with zero attached hydrogens (tertiary/aromatic N) is 3. The molecule has 2 aromatic heterocycles. The van der Waals surface area contributed by atoms with E-state index in [1.165, 1.54) is 18.2 Å². The fourth-order valence-electron chi connectivity index (χ4n) is 2.95. The van der Waals surface area contributed by atoms with Gasteiger partial charge in [0, 0.05) is 17.8 Å². The molecule has 2 heterocycles. The zero-order valence-corrected chi connectivity index (χ0v) is 15.2. The van der Waals surface area contributed by atoms with Gasteiger partial charge >= 0.3 is 5.69 Å². The first-order chi connectivity index (χ1) is 14.1. The zero-order chi connectivity index (χ0) is 20.2.